The summed E-state index contributed by atoms with van der Waals surface area (Å²) in [5.41, 5.74) is 1.17. The van der Waals surface area contributed by atoms with E-state index >= 15 is 0 Å². The van der Waals surface area contributed by atoms with Gasteiger partial charge in [0, 0.05) is 6.54 Å². The lowest BCUT2D eigenvalue weighted by molar-refractivity contribution is -0.130. The molecule has 0 unspecified atom stereocenters. The Hall–Kier alpha value is -2.06. The fourth-order valence-corrected chi connectivity index (χ4v) is 2.56. The number of hydrogen-bond donors (Lipinski definition) is 1. The molecule has 1 fully saturated rings. The highest BCUT2D eigenvalue weighted by molar-refractivity contribution is 5.79. The van der Waals surface area contributed by atoms with Crippen LogP contribution in [-0.4, -0.2) is 43.6 Å². The Morgan fingerprint density at radius 3 is 3.19 bits per heavy atom. The van der Waals surface area contributed by atoms with Gasteiger partial charge in [-0.1, -0.05) is 12.1 Å². The molecule has 2 rings (SSSR count). The quantitative estimate of drug-likeness (QED) is 0.802. The second-order valence-electron chi connectivity index (χ2n) is 5.15. The molecule has 1 heterocycles. The summed E-state index contributed by atoms with van der Waals surface area (Å²) in [6.07, 6.45) is 2.56. The van der Waals surface area contributed by atoms with E-state index in [1.807, 2.05) is 24.3 Å². The number of hydrogen-bond acceptors (Lipinski definition) is 4. The molecule has 1 aromatic rings. The van der Waals surface area contributed by atoms with Crippen molar-refractivity contribution >= 4 is 5.91 Å². The molecule has 1 aliphatic heterocycles. The molecule has 5 nitrogen and oxygen atoms in total. The van der Waals surface area contributed by atoms with Crippen molar-refractivity contribution in [3.8, 4) is 11.8 Å². The van der Waals surface area contributed by atoms with Gasteiger partial charge in [-0.3, -0.25) is 4.79 Å². The zero-order valence-electron chi connectivity index (χ0n) is 12.3. The first-order chi connectivity index (χ1) is 10.2. The molecule has 5 heteroatoms. The second-order valence-corrected chi connectivity index (χ2v) is 5.15. The van der Waals surface area contributed by atoms with E-state index in [2.05, 4.69) is 11.4 Å². The van der Waals surface area contributed by atoms with E-state index in [0.717, 1.165) is 31.6 Å². The van der Waals surface area contributed by atoms with Crippen LogP contribution in [0.4, 0.5) is 0 Å². The minimum atomic E-state index is -0.238. The maximum atomic E-state index is 12.0. The number of carbonyl (C=O) groups is 1. The normalized spacial score (nSPS) is 17.5. The fraction of sp³-hybridized carbons (Fsp3) is 0.500. The summed E-state index contributed by atoms with van der Waals surface area (Å²) in [6, 6.07) is 9.86. The van der Waals surface area contributed by atoms with Gasteiger partial charge in [0.15, 0.2) is 0 Å². The van der Waals surface area contributed by atoms with Gasteiger partial charge in [0.2, 0.25) is 5.91 Å². The van der Waals surface area contributed by atoms with Crippen LogP contribution in [0.5, 0.6) is 5.75 Å². The van der Waals surface area contributed by atoms with E-state index in [4.69, 9.17) is 10.00 Å². The molecule has 1 aromatic carbocycles. The number of likely N-dealkylation sites (tertiary alicyclic amines) is 1. The minimum Gasteiger partial charge on any atom is -0.497 e. The van der Waals surface area contributed by atoms with E-state index in [-0.39, 0.29) is 11.9 Å². The van der Waals surface area contributed by atoms with E-state index in [0.29, 0.717) is 13.1 Å². The van der Waals surface area contributed by atoms with Crippen molar-refractivity contribution in [3.05, 3.63) is 29.8 Å². The molecule has 0 aromatic heterocycles. The molecule has 1 amide bonds. The number of methoxy groups -OCH3 is 1. The fourth-order valence-electron chi connectivity index (χ4n) is 2.56. The highest BCUT2D eigenvalue weighted by atomic mass is 16.5. The molecule has 1 atom stereocenters. The molecule has 1 aliphatic rings. The molecule has 0 radical (unpaired) electrons. The Morgan fingerprint density at radius 1 is 1.57 bits per heavy atom. The van der Waals surface area contributed by atoms with Crippen molar-refractivity contribution in [2.45, 2.75) is 25.3 Å². The maximum absolute atomic E-state index is 12.0. The van der Waals surface area contributed by atoms with Gasteiger partial charge in [0.05, 0.1) is 19.7 Å². The van der Waals surface area contributed by atoms with Gasteiger partial charge in [-0.2, -0.15) is 5.26 Å². The van der Waals surface area contributed by atoms with Crippen molar-refractivity contribution in [3.63, 3.8) is 0 Å². The van der Waals surface area contributed by atoms with E-state index in [9.17, 15) is 4.79 Å². The van der Waals surface area contributed by atoms with Crippen LogP contribution in [-0.2, 0) is 11.2 Å². The number of rotatable bonds is 6. The molecule has 21 heavy (non-hydrogen) atoms. The Morgan fingerprint density at radius 2 is 2.43 bits per heavy atom. The van der Waals surface area contributed by atoms with Crippen LogP contribution in [0.2, 0.25) is 0 Å². The first-order valence-corrected chi connectivity index (χ1v) is 7.27. The van der Waals surface area contributed by atoms with Crippen LogP contribution in [0.3, 0.4) is 0 Å². The maximum Gasteiger partial charge on any atom is 0.237 e. The van der Waals surface area contributed by atoms with Crippen molar-refractivity contribution in [1.29, 1.82) is 5.26 Å². The average molecular weight is 287 g/mol. The van der Waals surface area contributed by atoms with Crippen LogP contribution in [0.1, 0.15) is 18.4 Å². The molecule has 0 aliphatic carbocycles. The third-order valence-electron chi connectivity index (χ3n) is 3.72. The number of nitrogens with zero attached hydrogens (tertiary/aromatic N) is 2. The third kappa shape index (κ3) is 4.20. The number of nitriles is 1. The predicted octanol–water partition coefficient (Wildman–Crippen LogP) is 1.34. The molecule has 1 saturated heterocycles. The van der Waals surface area contributed by atoms with Crippen LogP contribution in [0.25, 0.3) is 0 Å². The largest absolute Gasteiger partial charge is 0.497 e. The predicted molar refractivity (Wildman–Crippen MR) is 79.9 cm³/mol. The monoisotopic (exact) mass is 287 g/mol. The van der Waals surface area contributed by atoms with Crippen molar-refractivity contribution in [2.75, 3.05) is 26.7 Å². The number of nitrogens with one attached hydrogen (secondary N) is 1. The molecule has 0 saturated carbocycles. The minimum absolute atomic E-state index is 0.0182. The standard InChI is InChI=1S/C16H21N3O2/c1-21-15-6-2-4-13(10-15)7-8-18-12-16(20)19-9-3-5-14(19)11-17/h2,4,6,10,14,18H,3,5,7-9,12H2,1H3/t14-/m0/s1. The summed E-state index contributed by atoms with van der Waals surface area (Å²) in [4.78, 5) is 13.7. The molecular formula is C16H21N3O2. The summed E-state index contributed by atoms with van der Waals surface area (Å²) >= 11 is 0. The van der Waals surface area contributed by atoms with Crippen molar-refractivity contribution < 1.29 is 9.53 Å². The number of benzene rings is 1. The number of ether oxygens (including phenoxy) is 1. The van der Waals surface area contributed by atoms with E-state index < -0.39 is 0 Å². The summed E-state index contributed by atoms with van der Waals surface area (Å²) in [5.74, 6) is 0.863. The Balaban J connectivity index is 1.72. The molecule has 112 valence electrons. The van der Waals surface area contributed by atoms with Crippen LogP contribution < -0.4 is 10.1 Å². The first kappa shape index (κ1) is 15.3. The van der Waals surface area contributed by atoms with Gasteiger partial charge in [-0.05, 0) is 43.5 Å². The Labute approximate surface area is 125 Å². The average Bonchev–Trinajstić information content (AvgIpc) is 3.00. The highest BCUT2D eigenvalue weighted by Gasteiger charge is 2.27. The first-order valence-electron chi connectivity index (χ1n) is 7.27. The molecule has 0 bridgehead atoms. The highest BCUT2D eigenvalue weighted by Crippen LogP contribution is 2.16. The number of amides is 1. The summed E-state index contributed by atoms with van der Waals surface area (Å²) in [6.45, 7) is 1.72. The third-order valence-corrected chi connectivity index (χ3v) is 3.72. The summed E-state index contributed by atoms with van der Waals surface area (Å²) in [7, 11) is 1.65. The topological polar surface area (TPSA) is 65.4 Å². The smallest absolute Gasteiger partial charge is 0.237 e. The van der Waals surface area contributed by atoms with Gasteiger partial charge in [0.1, 0.15) is 11.8 Å². The number of carbonyl (C=O) groups excluding carboxylic acids is 1. The lowest BCUT2D eigenvalue weighted by atomic mass is 10.1. The molecule has 0 spiro atoms. The van der Waals surface area contributed by atoms with Crippen molar-refractivity contribution in [1.82, 2.24) is 10.2 Å². The SMILES string of the molecule is COc1cccc(CCNCC(=O)N2CCC[C@H]2C#N)c1. The Kier molecular flexibility index (Phi) is 5.59. The van der Waals surface area contributed by atoms with E-state index in [1.165, 1.54) is 5.56 Å². The van der Waals surface area contributed by atoms with Crippen LogP contribution >= 0.6 is 0 Å². The Bertz CT molecular complexity index is 524. The van der Waals surface area contributed by atoms with Gasteiger partial charge >= 0.3 is 0 Å². The van der Waals surface area contributed by atoms with Gasteiger partial charge in [-0.15, -0.1) is 0 Å². The summed E-state index contributed by atoms with van der Waals surface area (Å²) < 4.78 is 5.18. The van der Waals surface area contributed by atoms with Gasteiger partial charge in [-0.25, -0.2) is 0 Å². The zero-order chi connectivity index (χ0) is 15.1. The molecule has 1 N–H and O–H groups in total. The summed E-state index contributed by atoms with van der Waals surface area (Å²) in [5, 5.41) is 12.1. The van der Waals surface area contributed by atoms with Crippen molar-refractivity contribution in [2.24, 2.45) is 0 Å². The lowest BCUT2D eigenvalue weighted by Crippen LogP contribution is -2.40. The zero-order valence-corrected chi connectivity index (χ0v) is 12.3. The second kappa shape index (κ2) is 7.65. The van der Waals surface area contributed by atoms with Gasteiger partial charge < -0.3 is 15.0 Å². The van der Waals surface area contributed by atoms with Crippen LogP contribution in [0, 0.1) is 11.3 Å². The lowest BCUT2D eigenvalue weighted by Gasteiger charge is -2.19. The molecular weight excluding hydrogens is 266 g/mol. The van der Waals surface area contributed by atoms with E-state index in [1.54, 1.807) is 12.0 Å². The van der Waals surface area contributed by atoms with Crippen LogP contribution in [0.15, 0.2) is 24.3 Å². The van der Waals surface area contributed by atoms with Gasteiger partial charge in [0.25, 0.3) is 0 Å².